The number of fused-ring (bicyclic) bond motifs is 1. The van der Waals surface area contributed by atoms with Gasteiger partial charge < -0.3 is 14.7 Å². The highest BCUT2D eigenvalue weighted by Gasteiger charge is 2.50. The second-order valence-corrected chi connectivity index (χ2v) is 6.93. The third-order valence-corrected chi connectivity index (χ3v) is 5.18. The summed E-state index contributed by atoms with van der Waals surface area (Å²) in [5.74, 6) is -3.29. The zero-order valence-corrected chi connectivity index (χ0v) is 14.5. The van der Waals surface area contributed by atoms with Crippen molar-refractivity contribution in [3.8, 4) is 5.75 Å². The first-order valence-electron chi connectivity index (χ1n) is 8.74. The zero-order valence-electron chi connectivity index (χ0n) is 14.5. The maximum atomic E-state index is 13.0. The van der Waals surface area contributed by atoms with Gasteiger partial charge in [0.2, 0.25) is 5.91 Å². The van der Waals surface area contributed by atoms with Crippen LogP contribution < -0.4 is 9.64 Å². The van der Waals surface area contributed by atoms with Crippen LogP contribution in [0.1, 0.15) is 29.4 Å². The van der Waals surface area contributed by atoms with Gasteiger partial charge in [-0.05, 0) is 35.6 Å². The largest absolute Gasteiger partial charge is 0.573 e. The number of carbonyl (C=O) groups excluding carboxylic acids is 1. The van der Waals surface area contributed by atoms with Gasteiger partial charge in [-0.2, -0.15) is 0 Å². The molecule has 2 aliphatic rings. The van der Waals surface area contributed by atoms with Gasteiger partial charge in [-0.3, -0.25) is 9.59 Å². The molecule has 5 nitrogen and oxygen atoms in total. The highest BCUT2D eigenvalue weighted by molar-refractivity contribution is 6.01. The second kappa shape index (κ2) is 6.54. The first kappa shape index (κ1) is 18.3. The molecule has 2 aromatic carbocycles. The monoisotopic (exact) mass is 391 g/mol. The van der Waals surface area contributed by atoms with E-state index in [1.165, 1.54) is 23.1 Å². The number of halogens is 3. The predicted molar refractivity (Wildman–Crippen MR) is 93.1 cm³/mol. The molecule has 1 aliphatic carbocycles. The molecule has 1 amide bonds. The van der Waals surface area contributed by atoms with Crippen LogP contribution in [0.25, 0.3) is 0 Å². The Hall–Kier alpha value is -3.03. The van der Waals surface area contributed by atoms with Crippen LogP contribution in [0.3, 0.4) is 0 Å². The molecule has 1 fully saturated rings. The van der Waals surface area contributed by atoms with Crippen molar-refractivity contribution < 1.29 is 32.6 Å². The minimum Gasteiger partial charge on any atom is -0.481 e. The topological polar surface area (TPSA) is 66.8 Å². The van der Waals surface area contributed by atoms with E-state index in [1.807, 2.05) is 0 Å². The van der Waals surface area contributed by atoms with E-state index in [0.29, 0.717) is 23.2 Å². The predicted octanol–water partition coefficient (Wildman–Crippen LogP) is 3.90. The SMILES string of the molecule is O=C(O)C1CN(C(=O)C2CC2c2ccccc2OC(F)(F)F)c2ccccc21. The molecule has 1 N–H and O–H groups in total. The summed E-state index contributed by atoms with van der Waals surface area (Å²) < 4.78 is 42.0. The molecule has 0 aromatic heterocycles. The molecule has 0 spiro atoms. The fourth-order valence-electron chi connectivity index (χ4n) is 3.84. The van der Waals surface area contributed by atoms with E-state index < -0.39 is 24.2 Å². The standard InChI is InChI=1S/C20H16F3NO4/c21-20(22,23)28-17-8-4-2-6-12(17)13-9-14(13)18(25)24-10-15(19(26)27)11-5-1-3-7-16(11)24/h1-8,13-15H,9-10H2,(H,26,27). The van der Waals surface area contributed by atoms with Crippen LogP contribution in [-0.4, -0.2) is 29.9 Å². The summed E-state index contributed by atoms with van der Waals surface area (Å²) in [6.07, 6.45) is -4.42. The van der Waals surface area contributed by atoms with E-state index in [2.05, 4.69) is 4.74 Å². The van der Waals surface area contributed by atoms with Crippen molar-refractivity contribution in [2.24, 2.45) is 5.92 Å². The third-order valence-electron chi connectivity index (χ3n) is 5.18. The smallest absolute Gasteiger partial charge is 0.481 e. The molecule has 1 saturated carbocycles. The number of para-hydroxylation sites is 2. The lowest BCUT2D eigenvalue weighted by Crippen LogP contribution is -2.32. The van der Waals surface area contributed by atoms with Crippen molar-refractivity contribution in [1.29, 1.82) is 0 Å². The maximum absolute atomic E-state index is 13.0. The Balaban J connectivity index is 1.56. The van der Waals surface area contributed by atoms with Crippen LogP contribution in [0.4, 0.5) is 18.9 Å². The molecule has 3 atom stereocenters. The minimum atomic E-state index is -4.81. The Morgan fingerprint density at radius 3 is 2.36 bits per heavy atom. The van der Waals surface area contributed by atoms with Gasteiger partial charge in [0.05, 0.1) is 0 Å². The summed E-state index contributed by atoms with van der Waals surface area (Å²) in [7, 11) is 0. The van der Waals surface area contributed by atoms with Crippen molar-refractivity contribution in [3.63, 3.8) is 0 Å². The number of rotatable bonds is 4. The van der Waals surface area contributed by atoms with Crippen molar-refractivity contribution >= 4 is 17.6 Å². The molecule has 3 unspecified atom stereocenters. The highest BCUT2D eigenvalue weighted by Crippen LogP contribution is 2.53. The average Bonchev–Trinajstić information content (AvgIpc) is 3.33. The van der Waals surface area contributed by atoms with Crippen molar-refractivity contribution in [1.82, 2.24) is 0 Å². The molecule has 8 heteroatoms. The number of alkyl halides is 3. The van der Waals surface area contributed by atoms with E-state index in [9.17, 15) is 27.9 Å². The summed E-state index contributed by atoms with van der Waals surface area (Å²) in [5, 5.41) is 9.43. The average molecular weight is 391 g/mol. The first-order chi connectivity index (χ1) is 13.3. The number of carboxylic acid groups (broad SMARTS) is 1. The lowest BCUT2D eigenvalue weighted by Gasteiger charge is -2.18. The lowest BCUT2D eigenvalue weighted by molar-refractivity contribution is -0.274. The first-order valence-corrected chi connectivity index (χ1v) is 8.74. The number of carbonyl (C=O) groups is 2. The molecule has 1 heterocycles. The zero-order chi connectivity index (χ0) is 20.1. The van der Waals surface area contributed by atoms with Gasteiger partial charge in [0, 0.05) is 18.2 Å². The molecular formula is C20H16F3NO4. The quantitative estimate of drug-likeness (QED) is 0.858. The molecule has 1 aliphatic heterocycles. The van der Waals surface area contributed by atoms with Crippen molar-refractivity contribution in [3.05, 3.63) is 59.7 Å². The molecule has 4 rings (SSSR count). The number of carboxylic acids is 1. The van der Waals surface area contributed by atoms with Crippen LogP contribution in [0.5, 0.6) is 5.75 Å². The summed E-state index contributed by atoms with van der Waals surface area (Å²) in [6, 6.07) is 12.6. The van der Waals surface area contributed by atoms with E-state index >= 15 is 0 Å². The number of hydrogen-bond acceptors (Lipinski definition) is 3. The maximum Gasteiger partial charge on any atom is 0.573 e. The summed E-state index contributed by atoms with van der Waals surface area (Å²) in [6.45, 7) is 0.0252. The second-order valence-electron chi connectivity index (χ2n) is 6.93. The van der Waals surface area contributed by atoms with Gasteiger partial charge in [0.25, 0.3) is 0 Å². The van der Waals surface area contributed by atoms with E-state index in [4.69, 9.17) is 0 Å². The van der Waals surface area contributed by atoms with Crippen LogP contribution in [-0.2, 0) is 9.59 Å². The van der Waals surface area contributed by atoms with Gasteiger partial charge >= 0.3 is 12.3 Å². The molecule has 0 radical (unpaired) electrons. The van der Waals surface area contributed by atoms with E-state index in [0.717, 1.165) is 0 Å². The number of anilines is 1. The number of hydrogen-bond donors (Lipinski definition) is 1. The molecule has 28 heavy (non-hydrogen) atoms. The Kier molecular flexibility index (Phi) is 4.28. The number of ether oxygens (including phenoxy) is 1. The Morgan fingerprint density at radius 2 is 1.68 bits per heavy atom. The fraction of sp³-hybridized carbons (Fsp3) is 0.300. The van der Waals surface area contributed by atoms with Gasteiger partial charge in [-0.25, -0.2) is 0 Å². The van der Waals surface area contributed by atoms with Gasteiger partial charge in [0.15, 0.2) is 0 Å². The summed E-state index contributed by atoms with van der Waals surface area (Å²) in [5.41, 5.74) is 1.45. The number of aliphatic carboxylic acids is 1. The van der Waals surface area contributed by atoms with Gasteiger partial charge in [0.1, 0.15) is 11.7 Å². The summed E-state index contributed by atoms with van der Waals surface area (Å²) in [4.78, 5) is 25.9. The Morgan fingerprint density at radius 1 is 1.04 bits per heavy atom. The highest BCUT2D eigenvalue weighted by atomic mass is 19.4. The molecule has 0 bridgehead atoms. The van der Waals surface area contributed by atoms with Crippen LogP contribution in [0.15, 0.2) is 48.5 Å². The lowest BCUT2D eigenvalue weighted by atomic mass is 10.0. The molecular weight excluding hydrogens is 375 g/mol. The summed E-state index contributed by atoms with van der Waals surface area (Å²) >= 11 is 0. The number of nitrogens with zero attached hydrogens (tertiary/aromatic N) is 1. The van der Waals surface area contributed by atoms with Gasteiger partial charge in [-0.1, -0.05) is 36.4 Å². The molecule has 146 valence electrons. The van der Waals surface area contributed by atoms with Crippen molar-refractivity contribution in [2.75, 3.05) is 11.4 Å². The minimum absolute atomic E-state index is 0.0252. The normalized spacial score (nSPS) is 23.2. The van der Waals surface area contributed by atoms with Gasteiger partial charge in [-0.15, -0.1) is 13.2 Å². The van der Waals surface area contributed by atoms with Crippen LogP contribution in [0.2, 0.25) is 0 Å². The van der Waals surface area contributed by atoms with Crippen LogP contribution >= 0.6 is 0 Å². The fourth-order valence-corrected chi connectivity index (χ4v) is 3.84. The number of benzene rings is 2. The van der Waals surface area contributed by atoms with E-state index in [-0.39, 0.29) is 24.1 Å². The number of amides is 1. The molecule has 0 saturated heterocycles. The van der Waals surface area contributed by atoms with Crippen molar-refractivity contribution in [2.45, 2.75) is 24.6 Å². The van der Waals surface area contributed by atoms with Crippen LogP contribution in [0, 0.1) is 5.92 Å². The Bertz CT molecular complexity index is 943. The third kappa shape index (κ3) is 3.30. The Labute approximate surface area is 158 Å². The molecule has 2 aromatic rings. The van der Waals surface area contributed by atoms with E-state index in [1.54, 1.807) is 30.3 Å².